The zero-order valence-corrected chi connectivity index (χ0v) is 16.8. The first kappa shape index (κ1) is 22.9. The van der Waals surface area contributed by atoms with Crippen LogP contribution in [0, 0.1) is 0 Å². The summed E-state index contributed by atoms with van der Waals surface area (Å²) >= 11 is 1.83. The molecule has 0 radical (unpaired) electrons. The molecule has 126 valence electrons. The van der Waals surface area contributed by atoms with E-state index in [9.17, 15) is 4.79 Å². The van der Waals surface area contributed by atoms with Crippen molar-refractivity contribution in [3.05, 3.63) is 0 Å². The number of carbonyl (C=O) groups is 1. The molecule has 0 saturated heterocycles. The van der Waals surface area contributed by atoms with Crippen molar-refractivity contribution in [3.8, 4) is 0 Å². The van der Waals surface area contributed by atoms with Gasteiger partial charge in [-0.05, 0) is 39.2 Å². The summed E-state index contributed by atoms with van der Waals surface area (Å²) in [5.74, 6) is 1.88. The number of ether oxygens (including phenoxy) is 1. The van der Waals surface area contributed by atoms with Gasteiger partial charge in [0.2, 0.25) is 0 Å². The minimum Gasteiger partial charge on any atom is -0.444 e. The summed E-state index contributed by atoms with van der Waals surface area (Å²) in [5.41, 5.74) is -0.466. The highest BCUT2D eigenvalue weighted by Gasteiger charge is 2.15. The van der Waals surface area contributed by atoms with Crippen molar-refractivity contribution in [2.45, 2.75) is 32.8 Å². The Hall–Kier alpha value is -0.380. The summed E-state index contributed by atoms with van der Waals surface area (Å²) < 4.78 is 5.14. The number of halogens is 1. The monoisotopic (exact) mass is 432 g/mol. The van der Waals surface area contributed by atoms with Crippen LogP contribution in [-0.4, -0.2) is 56.3 Å². The van der Waals surface area contributed by atoms with Crippen LogP contribution in [0.5, 0.6) is 0 Å². The molecule has 0 saturated carbocycles. The van der Waals surface area contributed by atoms with Gasteiger partial charge in [0.05, 0.1) is 0 Å². The number of carbonyl (C=O) groups excluding carboxylic acids is 1. The van der Waals surface area contributed by atoms with Gasteiger partial charge in [-0.1, -0.05) is 0 Å². The molecule has 0 rings (SSSR count). The average Bonchev–Trinajstić information content (AvgIpc) is 2.34. The lowest BCUT2D eigenvalue weighted by molar-refractivity contribution is 0.0529. The van der Waals surface area contributed by atoms with Crippen LogP contribution in [0.2, 0.25) is 0 Å². The molecule has 0 aromatic rings. The Morgan fingerprint density at radius 3 is 2.24 bits per heavy atom. The molecule has 0 aliphatic carbocycles. The maximum Gasteiger partial charge on any atom is 0.407 e. The fourth-order valence-electron chi connectivity index (χ4n) is 1.30. The van der Waals surface area contributed by atoms with Gasteiger partial charge in [-0.25, -0.2) is 4.79 Å². The highest BCUT2D eigenvalue weighted by molar-refractivity contribution is 14.0. The third kappa shape index (κ3) is 15.8. The van der Waals surface area contributed by atoms with Crippen molar-refractivity contribution >= 4 is 47.8 Å². The Morgan fingerprint density at radius 1 is 1.14 bits per heavy atom. The second kappa shape index (κ2) is 13.3. The first-order chi connectivity index (χ1) is 9.39. The van der Waals surface area contributed by atoms with Gasteiger partial charge in [0, 0.05) is 26.7 Å². The standard InChI is InChI=1S/C13H28N4O2S.HI/c1-13(2,3)19-12(18)17-9-8-16-11(14-4)15-7-6-10-20-5;/h6-10H2,1-5H3,(H,17,18)(H2,14,15,16);1H. The van der Waals surface area contributed by atoms with Crippen LogP contribution in [0.1, 0.15) is 27.2 Å². The predicted octanol–water partition coefficient (Wildman–Crippen LogP) is 2.05. The molecule has 0 spiro atoms. The minimum atomic E-state index is -0.466. The molecule has 0 aromatic carbocycles. The van der Waals surface area contributed by atoms with Gasteiger partial charge in [-0.15, -0.1) is 24.0 Å². The number of nitrogens with one attached hydrogen (secondary N) is 3. The van der Waals surface area contributed by atoms with Crippen molar-refractivity contribution in [2.24, 2.45) is 4.99 Å². The number of rotatable bonds is 7. The fourth-order valence-corrected chi connectivity index (χ4v) is 1.74. The fraction of sp³-hybridized carbons (Fsp3) is 0.846. The van der Waals surface area contributed by atoms with Crippen molar-refractivity contribution in [3.63, 3.8) is 0 Å². The number of hydrogen-bond acceptors (Lipinski definition) is 4. The maximum atomic E-state index is 11.4. The van der Waals surface area contributed by atoms with E-state index in [0.29, 0.717) is 13.1 Å². The first-order valence-electron chi connectivity index (χ1n) is 6.79. The lowest BCUT2D eigenvalue weighted by atomic mass is 10.2. The Balaban J connectivity index is 0. The molecule has 3 N–H and O–H groups in total. The van der Waals surface area contributed by atoms with Crippen molar-refractivity contribution in [1.29, 1.82) is 0 Å². The highest BCUT2D eigenvalue weighted by Crippen LogP contribution is 2.05. The number of thioether (sulfide) groups is 1. The number of aliphatic imine (C=N–C) groups is 1. The van der Waals surface area contributed by atoms with Gasteiger partial charge in [0.15, 0.2) is 5.96 Å². The minimum absolute atomic E-state index is 0. The van der Waals surface area contributed by atoms with E-state index < -0.39 is 11.7 Å². The second-order valence-electron chi connectivity index (χ2n) is 5.20. The summed E-state index contributed by atoms with van der Waals surface area (Å²) in [6.45, 7) is 7.49. The highest BCUT2D eigenvalue weighted by atomic mass is 127. The summed E-state index contributed by atoms with van der Waals surface area (Å²) in [5, 5.41) is 9.02. The van der Waals surface area contributed by atoms with E-state index in [1.807, 2.05) is 32.5 Å². The smallest absolute Gasteiger partial charge is 0.407 e. The van der Waals surface area contributed by atoms with E-state index in [1.165, 1.54) is 0 Å². The first-order valence-corrected chi connectivity index (χ1v) is 8.18. The molecule has 6 nitrogen and oxygen atoms in total. The Kier molecular flexibility index (Phi) is 14.5. The molecule has 0 bridgehead atoms. The molecule has 0 aliphatic heterocycles. The second-order valence-corrected chi connectivity index (χ2v) is 6.19. The van der Waals surface area contributed by atoms with E-state index in [4.69, 9.17) is 4.74 Å². The zero-order chi connectivity index (χ0) is 15.4. The summed E-state index contributed by atoms with van der Waals surface area (Å²) in [6, 6.07) is 0. The molecule has 0 unspecified atom stereocenters. The van der Waals surface area contributed by atoms with Crippen molar-refractivity contribution < 1.29 is 9.53 Å². The van der Waals surface area contributed by atoms with E-state index in [0.717, 1.165) is 24.7 Å². The van der Waals surface area contributed by atoms with Crippen LogP contribution in [0.4, 0.5) is 4.79 Å². The topological polar surface area (TPSA) is 74.8 Å². The van der Waals surface area contributed by atoms with Crippen molar-refractivity contribution in [2.75, 3.05) is 38.7 Å². The normalized spacial score (nSPS) is 11.4. The Labute approximate surface area is 149 Å². The van der Waals surface area contributed by atoms with Crippen LogP contribution in [0.25, 0.3) is 0 Å². The molecular weight excluding hydrogens is 403 g/mol. The number of guanidine groups is 1. The molecular formula is C13H29IN4O2S. The molecule has 0 heterocycles. The molecule has 8 heteroatoms. The zero-order valence-electron chi connectivity index (χ0n) is 13.6. The van der Waals surface area contributed by atoms with Crippen LogP contribution in [0.3, 0.4) is 0 Å². The summed E-state index contributed by atoms with van der Waals surface area (Å²) in [4.78, 5) is 15.5. The number of nitrogens with zero attached hydrogens (tertiary/aromatic N) is 1. The van der Waals surface area contributed by atoms with Crippen LogP contribution < -0.4 is 16.0 Å². The van der Waals surface area contributed by atoms with Crippen LogP contribution in [-0.2, 0) is 4.74 Å². The quantitative estimate of drug-likeness (QED) is 0.249. The summed E-state index contributed by atoms with van der Waals surface area (Å²) in [6.07, 6.45) is 2.79. The van der Waals surface area contributed by atoms with Gasteiger partial charge in [-0.3, -0.25) is 4.99 Å². The average molecular weight is 432 g/mol. The van der Waals surface area contributed by atoms with Gasteiger partial charge in [-0.2, -0.15) is 11.8 Å². The maximum absolute atomic E-state index is 11.4. The molecule has 0 atom stereocenters. The SMILES string of the molecule is CN=C(NCCCSC)NCCNC(=O)OC(C)(C)C.I. The Bertz CT molecular complexity index is 309. The third-order valence-corrected chi connectivity index (χ3v) is 2.82. The third-order valence-electron chi connectivity index (χ3n) is 2.13. The number of hydrogen-bond donors (Lipinski definition) is 3. The van der Waals surface area contributed by atoms with E-state index in [-0.39, 0.29) is 24.0 Å². The van der Waals surface area contributed by atoms with Gasteiger partial charge in [0.25, 0.3) is 0 Å². The van der Waals surface area contributed by atoms with E-state index in [2.05, 4.69) is 27.2 Å². The molecule has 21 heavy (non-hydrogen) atoms. The van der Waals surface area contributed by atoms with E-state index >= 15 is 0 Å². The number of alkyl carbamates (subject to hydrolysis) is 1. The molecule has 1 amide bonds. The number of amides is 1. The largest absolute Gasteiger partial charge is 0.444 e. The lowest BCUT2D eigenvalue weighted by Gasteiger charge is -2.19. The van der Waals surface area contributed by atoms with Gasteiger partial charge >= 0.3 is 6.09 Å². The van der Waals surface area contributed by atoms with Crippen LogP contribution in [0.15, 0.2) is 4.99 Å². The van der Waals surface area contributed by atoms with E-state index in [1.54, 1.807) is 7.05 Å². The molecule has 0 aromatic heterocycles. The summed E-state index contributed by atoms with van der Waals surface area (Å²) in [7, 11) is 1.73. The molecule has 0 aliphatic rings. The molecule has 0 fully saturated rings. The van der Waals surface area contributed by atoms with Gasteiger partial charge < -0.3 is 20.7 Å². The lowest BCUT2D eigenvalue weighted by Crippen LogP contribution is -2.42. The van der Waals surface area contributed by atoms with Gasteiger partial charge in [0.1, 0.15) is 5.60 Å². The Morgan fingerprint density at radius 2 is 1.71 bits per heavy atom. The predicted molar refractivity (Wildman–Crippen MR) is 102 cm³/mol. The van der Waals surface area contributed by atoms with Crippen molar-refractivity contribution in [1.82, 2.24) is 16.0 Å². The van der Waals surface area contributed by atoms with Crippen LogP contribution >= 0.6 is 35.7 Å².